The van der Waals surface area contributed by atoms with Crippen LogP contribution < -0.4 is 10.1 Å². The van der Waals surface area contributed by atoms with Crippen LogP contribution in [0, 0.1) is 0 Å². The fourth-order valence-corrected chi connectivity index (χ4v) is 2.69. The molecular formula is C16H18N4O4S. The molecule has 132 valence electrons. The Bertz CT molecular complexity index is 758. The molecule has 1 heterocycles. The minimum absolute atomic E-state index is 0.118. The standard InChI is InChI=1S/C16H18N4O4S/c1-3-8-20-13(18-19-16(20)25-10-14(21)22)9-17-15(23)11-4-6-12(24-2)7-5-11/h3-7H,1,8-10H2,2H3,(H,17,23)(H,21,22). The molecule has 0 unspecified atom stereocenters. The van der Waals surface area contributed by atoms with Crippen LogP contribution in [0.4, 0.5) is 0 Å². The lowest BCUT2D eigenvalue weighted by Crippen LogP contribution is -2.24. The Kier molecular flexibility index (Phi) is 6.58. The van der Waals surface area contributed by atoms with Crippen molar-refractivity contribution in [1.82, 2.24) is 20.1 Å². The molecule has 2 N–H and O–H groups in total. The normalized spacial score (nSPS) is 10.3. The number of aromatic nitrogens is 3. The fraction of sp³-hybridized carbons (Fsp3) is 0.250. The number of nitrogens with zero attached hydrogens (tertiary/aromatic N) is 3. The summed E-state index contributed by atoms with van der Waals surface area (Å²) in [6.07, 6.45) is 1.66. The smallest absolute Gasteiger partial charge is 0.313 e. The number of carboxylic acid groups (broad SMARTS) is 1. The summed E-state index contributed by atoms with van der Waals surface area (Å²) in [5, 5.41) is 20.0. The summed E-state index contributed by atoms with van der Waals surface area (Å²) < 4.78 is 6.77. The van der Waals surface area contributed by atoms with Crippen LogP contribution in [0.25, 0.3) is 0 Å². The molecule has 0 fully saturated rings. The number of nitrogens with one attached hydrogen (secondary N) is 1. The third-order valence-electron chi connectivity index (χ3n) is 3.19. The third-order valence-corrected chi connectivity index (χ3v) is 4.14. The minimum atomic E-state index is -0.937. The van der Waals surface area contributed by atoms with E-state index in [9.17, 15) is 9.59 Å². The van der Waals surface area contributed by atoms with Gasteiger partial charge in [0, 0.05) is 12.1 Å². The first-order valence-electron chi connectivity index (χ1n) is 7.35. The quantitative estimate of drug-likeness (QED) is 0.515. The molecule has 0 radical (unpaired) electrons. The van der Waals surface area contributed by atoms with Crippen molar-refractivity contribution in [3.05, 3.63) is 48.3 Å². The number of thioether (sulfide) groups is 1. The Morgan fingerprint density at radius 1 is 1.36 bits per heavy atom. The monoisotopic (exact) mass is 362 g/mol. The number of methoxy groups -OCH3 is 1. The van der Waals surface area contributed by atoms with Gasteiger partial charge >= 0.3 is 5.97 Å². The molecular weight excluding hydrogens is 344 g/mol. The van der Waals surface area contributed by atoms with E-state index in [1.807, 2.05) is 0 Å². The number of ether oxygens (including phenoxy) is 1. The Hall–Kier alpha value is -2.81. The van der Waals surface area contributed by atoms with E-state index < -0.39 is 5.97 Å². The fourth-order valence-electron chi connectivity index (χ4n) is 2.00. The zero-order valence-electron chi connectivity index (χ0n) is 13.6. The first-order valence-corrected chi connectivity index (χ1v) is 8.33. The number of carbonyl (C=O) groups excluding carboxylic acids is 1. The Morgan fingerprint density at radius 2 is 2.08 bits per heavy atom. The van der Waals surface area contributed by atoms with Crippen LogP contribution in [0.1, 0.15) is 16.2 Å². The van der Waals surface area contributed by atoms with Gasteiger partial charge in [0.25, 0.3) is 5.91 Å². The van der Waals surface area contributed by atoms with E-state index in [0.29, 0.717) is 28.8 Å². The summed E-state index contributed by atoms with van der Waals surface area (Å²) >= 11 is 1.07. The van der Waals surface area contributed by atoms with Crippen molar-refractivity contribution < 1.29 is 19.4 Å². The lowest BCUT2D eigenvalue weighted by atomic mass is 10.2. The molecule has 0 bridgehead atoms. The molecule has 1 amide bonds. The zero-order chi connectivity index (χ0) is 18.2. The maximum atomic E-state index is 12.2. The largest absolute Gasteiger partial charge is 0.497 e. The van der Waals surface area contributed by atoms with Crippen LogP contribution in [-0.2, 0) is 17.9 Å². The van der Waals surface area contributed by atoms with Gasteiger partial charge in [-0.3, -0.25) is 9.59 Å². The highest BCUT2D eigenvalue weighted by Crippen LogP contribution is 2.17. The van der Waals surface area contributed by atoms with Gasteiger partial charge < -0.3 is 19.7 Å². The van der Waals surface area contributed by atoms with Gasteiger partial charge in [-0.25, -0.2) is 0 Å². The highest BCUT2D eigenvalue weighted by atomic mass is 32.2. The Balaban J connectivity index is 2.04. The van der Waals surface area contributed by atoms with Crippen molar-refractivity contribution >= 4 is 23.6 Å². The molecule has 0 aliphatic rings. The van der Waals surface area contributed by atoms with Gasteiger partial charge in [0.2, 0.25) is 0 Å². The molecule has 8 nitrogen and oxygen atoms in total. The van der Waals surface area contributed by atoms with Crippen LogP contribution >= 0.6 is 11.8 Å². The van der Waals surface area contributed by atoms with Crippen molar-refractivity contribution in [1.29, 1.82) is 0 Å². The van der Waals surface area contributed by atoms with Crippen molar-refractivity contribution in [2.24, 2.45) is 0 Å². The zero-order valence-corrected chi connectivity index (χ0v) is 14.5. The van der Waals surface area contributed by atoms with Crippen molar-refractivity contribution in [2.45, 2.75) is 18.2 Å². The van der Waals surface area contributed by atoms with E-state index in [0.717, 1.165) is 11.8 Å². The van der Waals surface area contributed by atoms with Crippen LogP contribution in [0.15, 0.2) is 42.1 Å². The lowest BCUT2D eigenvalue weighted by Gasteiger charge is -2.08. The van der Waals surface area contributed by atoms with Crippen molar-refractivity contribution in [3.63, 3.8) is 0 Å². The molecule has 0 aliphatic heterocycles. The second-order valence-corrected chi connectivity index (χ2v) is 5.83. The topological polar surface area (TPSA) is 106 Å². The average molecular weight is 362 g/mol. The molecule has 0 atom stereocenters. The lowest BCUT2D eigenvalue weighted by molar-refractivity contribution is -0.133. The van der Waals surface area contributed by atoms with Crippen LogP contribution in [0.2, 0.25) is 0 Å². The predicted molar refractivity (Wildman–Crippen MR) is 92.7 cm³/mol. The number of amides is 1. The SMILES string of the molecule is C=CCn1c(CNC(=O)c2ccc(OC)cc2)nnc1SCC(=O)O. The molecule has 2 rings (SSSR count). The Morgan fingerprint density at radius 3 is 2.68 bits per heavy atom. The number of hydrogen-bond donors (Lipinski definition) is 2. The van der Waals surface area contributed by atoms with Gasteiger partial charge in [0.15, 0.2) is 11.0 Å². The highest BCUT2D eigenvalue weighted by Gasteiger charge is 2.14. The maximum Gasteiger partial charge on any atom is 0.313 e. The first kappa shape index (κ1) is 18.5. The van der Waals surface area contributed by atoms with Crippen LogP contribution in [-0.4, -0.2) is 44.6 Å². The van der Waals surface area contributed by atoms with E-state index in [-0.39, 0.29) is 18.2 Å². The summed E-state index contributed by atoms with van der Waals surface area (Å²) in [5.41, 5.74) is 0.496. The van der Waals surface area contributed by atoms with Gasteiger partial charge in [-0.1, -0.05) is 17.8 Å². The molecule has 0 spiro atoms. The molecule has 1 aromatic heterocycles. The number of aliphatic carboxylic acids is 1. The first-order chi connectivity index (χ1) is 12.0. The van der Waals surface area contributed by atoms with Gasteiger partial charge in [0.1, 0.15) is 5.75 Å². The number of benzene rings is 1. The number of rotatable bonds is 9. The van der Waals surface area contributed by atoms with E-state index in [1.54, 1.807) is 42.0 Å². The molecule has 0 saturated heterocycles. The van der Waals surface area contributed by atoms with Crippen molar-refractivity contribution in [3.8, 4) is 5.75 Å². The van der Waals surface area contributed by atoms with Gasteiger partial charge in [0.05, 0.1) is 19.4 Å². The Labute approximate surface area is 148 Å². The van der Waals surface area contributed by atoms with Crippen LogP contribution in [0.5, 0.6) is 5.75 Å². The number of allylic oxidation sites excluding steroid dienone is 1. The third kappa shape index (κ3) is 5.08. The summed E-state index contributed by atoms with van der Waals surface area (Å²) in [7, 11) is 1.56. The van der Waals surface area contributed by atoms with E-state index in [2.05, 4.69) is 22.1 Å². The molecule has 0 aliphatic carbocycles. The summed E-state index contributed by atoms with van der Waals surface area (Å²) in [5.74, 6) is -0.118. The van der Waals surface area contributed by atoms with Gasteiger partial charge in [-0.2, -0.15) is 0 Å². The molecule has 25 heavy (non-hydrogen) atoms. The molecule has 1 aromatic carbocycles. The van der Waals surface area contributed by atoms with E-state index in [1.165, 1.54) is 0 Å². The highest BCUT2D eigenvalue weighted by molar-refractivity contribution is 7.99. The molecule has 9 heteroatoms. The van der Waals surface area contributed by atoms with Gasteiger partial charge in [-0.05, 0) is 24.3 Å². The van der Waals surface area contributed by atoms with Crippen LogP contribution in [0.3, 0.4) is 0 Å². The summed E-state index contributed by atoms with van der Waals surface area (Å²) in [6.45, 7) is 4.26. The average Bonchev–Trinajstić information content (AvgIpc) is 3.00. The van der Waals surface area contributed by atoms with Crippen molar-refractivity contribution in [2.75, 3.05) is 12.9 Å². The minimum Gasteiger partial charge on any atom is -0.497 e. The predicted octanol–water partition coefficient (Wildman–Crippen LogP) is 1.58. The summed E-state index contributed by atoms with van der Waals surface area (Å²) in [6, 6.07) is 6.74. The molecule has 0 saturated carbocycles. The second-order valence-electron chi connectivity index (χ2n) is 4.89. The maximum absolute atomic E-state index is 12.2. The van der Waals surface area contributed by atoms with E-state index in [4.69, 9.17) is 9.84 Å². The number of carboxylic acids is 1. The van der Waals surface area contributed by atoms with E-state index >= 15 is 0 Å². The molecule has 2 aromatic rings. The summed E-state index contributed by atoms with van der Waals surface area (Å²) in [4.78, 5) is 22.9. The van der Waals surface area contributed by atoms with Gasteiger partial charge in [-0.15, -0.1) is 16.8 Å². The number of carbonyl (C=O) groups is 2. The number of hydrogen-bond acceptors (Lipinski definition) is 6. The second kappa shape index (κ2) is 8.88.